The fraction of sp³-hybridized carbons (Fsp3) is 0.0556. The molecule has 0 N–H and O–H groups in total. The lowest BCUT2D eigenvalue weighted by Crippen LogP contribution is -1.94. The molecule has 0 saturated carbocycles. The van der Waals surface area contributed by atoms with E-state index in [0.717, 1.165) is 4.47 Å². The van der Waals surface area contributed by atoms with E-state index in [-0.39, 0.29) is 12.4 Å². The van der Waals surface area contributed by atoms with Gasteiger partial charge < -0.3 is 9.15 Å². The lowest BCUT2D eigenvalue weighted by atomic mass is 10.3. The standard InChI is InChI=1S/C18H11BrCl2O3S/c19-11-8-17(25-10-11)15(22)7-6-12-4-5-13(24-12)9-23-16-3-1-2-14(20)18(16)21/h1-8,10H,9H2/b7-6+. The number of rotatable bonds is 6. The molecule has 1 aromatic carbocycles. The predicted molar refractivity (Wildman–Crippen MR) is 105 cm³/mol. The van der Waals surface area contributed by atoms with Crippen LogP contribution in [0.5, 0.6) is 5.75 Å². The van der Waals surface area contributed by atoms with Crippen LogP contribution in [0.3, 0.4) is 0 Å². The molecule has 0 spiro atoms. The van der Waals surface area contributed by atoms with Crippen LogP contribution in [0, 0.1) is 0 Å². The Balaban J connectivity index is 1.61. The van der Waals surface area contributed by atoms with Crippen molar-refractivity contribution in [3.8, 4) is 5.75 Å². The summed E-state index contributed by atoms with van der Waals surface area (Å²) in [5.74, 6) is 1.60. The van der Waals surface area contributed by atoms with E-state index in [1.165, 1.54) is 17.4 Å². The molecule has 0 aliphatic rings. The molecule has 2 aromatic heterocycles. The largest absolute Gasteiger partial charge is 0.484 e. The molecular weight excluding hydrogens is 447 g/mol. The van der Waals surface area contributed by atoms with Crippen LogP contribution in [0.25, 0.3) is 6.08 Å². The average Bonchev–Trinajstić information content (AvgIpc) is 3.23. The van der Waals surface area contributed by atoms with Gasteiger partial charge in [0.15, 0.2) is 5.78 Å². The number of carbonyl (C=O) groups is 1. The number of ether oxygens (including phenoxy) is 1. The first kappa shape index (κ1) is 18.3. The Bertz CT molecular complexity index is 930. The van der Waals surface area contributed by atoms with Crippen molar-refractivity contribution in [3.05, 3.63) is 78.8 Å². The molecule has 0 unspecified atom stereocenters. The minimum absolute atomic E-state index is 0.0735. The van der Waals surface area contributed by atoms with E-state index >= 15 is 0 Å². The van der Waals surface area contributed by atoms with Gasteiger partial charge in [0.1, 0.15) is 28.9 Å². The molecular formula is C18H11BrCl2O3S. The molecule has 25 heavy (non-hydrogen) atoms. The van der Waals surface area contributed by atoms with E-state index in [9.17, 15) is 4.79 Å². The van der Waals surface area contributed by atoms with Crippen LogP contribution < -0.4 is 4.74 Å². The van der Waals surface area contributed by atoms with Gasteiger partial charge in [-0.2, -0.15) is 0 Å². The van der Waals surface area contributed by atoms with Gasteiger partial charge in [-0.3, -0.25) is 4.79 Å². The number of halogens is 3. The van der Waals surface area contributed by atoms with Crippen LogP contribution in [-0.2, 0) is 6.61 Å². The molecule has 0 amide bonds. The van der Waals surface area contributed by atoms with Gasteiger partial charge >= 0.3 is 0 Å². The topological polar surface area (TPSA) is 39.4 Å². The summed E-state index contributed by atoms with van der Waals surface area (Å²) in [7, 11) is 0. The van der Waals surface area contributed by atoms with E-state index in [4.69, 9.17) is 32.4 Å². The highest BCUT2D eigenvalue weighted by Crippen LogP contribution is 2.32. The van der Waals surface area contributed by atoms with Gasteiger partial charge in [-0.1, -0.05) is 29.3 Å². The van der Waals surface area contributed by atoms with Gasteiger partial charge in [0.2, 0.25) is 0 Å². The summed E-state index contributed by atoms with van der Waals surface area (Å²) in [6, 6.07) is 10.5. The van der Waals surface area contributed by atoms with Gasteiger partial charge in [0.25, 0.3) is 0 Å². The zero-order valence-electron chi connectivity index (χ0n) is 12.7. The second-order valence-corrected chi connectivity index (χ2v) is 7.58. The first-order chi connectivity index (χ1) is 12.0. The van der Waals surface area contributed by atoms with Crippen molar-refractivity contribution < 1.29 is 13.9 Å². The lowest BCUT2D eigenvalue weighted by molar-refractivity contribution is 0.105. The van der Waals surface area contributed by atoms with Gasteiger partial charge in [-0.05, 0) is 58.4 Å². The molecule has 0 atom stereocenters. The molecule has 0 aliphatic heterocycles. The van der Waals surface area contributed by atoms with Gasteiger partial charge in [-0.25, -0.2) is 0 Å². The number of allylic oxidation sites excluding steroid dienone is 1. The minimum Gasteiger partial charge on any atom is -0.484 e. The summed E-state index contributed by atoms with van der Waals surface area (Å²) in [4.78, 5) is 12.7. The summed E-state index contributed by atoms with van der Waals surface area (Å²) in [5.41, 5.74) is 0. The highest BCUT2D eigenvalue weighted by molar-refractivity contribution is 9.10. The molecule has 3 rings (SSSR count). The molecule has 0 fully saturated rings. The van der Waals surface area contributed by atoms with E-state index in [1.54, 1.807) is 42.5 Å². The van der Waals surface area contributed by atoms with Crippen LogP contribution >= 0.6 is 50.5 Å². The number of hydrogen-bond acceptors (Lipinski definition) is 4. The quantitative estimate of drug-likeness (QED) is 0.299. The molecule has 128 valence electrons. The summed E-state index contributed by atoms with van der Waals surface area (Å²) < 4.78 is 12.1. The maximum absolute atomic E-state index is 12.0. The van der Waals surface area contributed by atoms with Crippen LogP contribution in [0.2, 0.25) is 10.0 Å². The summed E-state index contributed by atoms with van der Waals surface area (Å²) in [6.07, 6.45) is 3.11. The fourth-order valence-corrected chi connectivity index (χ4v) is 3.68. The SMILES string of the molecule is O=C(/C=C/c1ccc(COc2cccc(Cl)c2Cl)o1)c1cc(Br)cs1. The fourth-order valence-electron chi connectivity index (χ4n) is 1.99. The van der Waals surface area contributed by atoms with Crippen molar-refractivity contribution in [1.82, 2.24) is 0 Å². The molecule has 2 heterocycles. The zero-order valence-corrected chi connectivity index (χ0v) is 16.6. The Morgan fingerprint density at radius 2 is 2.12 bits per heavy atom. The van der Waals surface area contributed by atoms with Crippen LogP contribution in [0.15, 0.2) is 56.7 Å². The van der Waals surface area contributed by atoms with E-state index in [1.807, 2.05) is 5.38 Å². The maximum Gasteiger partial charge on any atom is 0.195 e. The highest BCUT2D eigenvalue weighted by atomic mass is 79.9. The minimum atomic E-state index is -0.0735. The Kier molecular flexibility index (Phi) is 6.02. The predicted octanol–water partition coefficient (Wildman–Crippen LogP) is 6.89. The number of furan rings is 1. The third-order valence-corrected chi connectivity index (χ3v) is 5.69. The van der Waals surface area contributed by atoms with Crippen molar-refractivity contribution in [2.75, 3.05) is 0 Å². The van der Waals surface area contributed by atoms with E-state index in [0.29, 0.717) is 32.2 Å². The molecule has 3 nitrogen and oxygen atoms in total. The molecule has 0 bridgehead atoms. The molecule has 7 heteroatoms. The smallest absolute Gasteiger partial charge is 0.195 e. The van der Waals surface area contributed by atoms with Crippen molar-refractivity contribution in [1.29, 1.82) is 0 Å². The average molecular weight is 458 g/mol. The second-order valence-electron chi connectivity index (χ2n) is 4.97. The summed E-state index contributed by atoms with van der Waals surface area (Å²) in [5, 5.41) is 2.66. The van der Waals surface area contributed by atoms with Gasteiger partial charge in [-0.15, -0.1) is 11.3 Å². The van der Waals surface area contributed by atoms with Crippen molar-refractivity contribution in [3.63, 3.8) is 0 Å². The van der Waals surface area contributed by atoms with Crippen LogP contribution in [0.1, 0.15) is 21.2 Å². The monoisotopic (exact) mass is 456 g/mol. The third kappa shape index (κ3) is 4.76. The maximum atomic E-state index is 12.0. The van der Waals surface area contributed by atoms with Gasteiger partial charge in [0.05, 0.1) is 9.90 Å². The van der Waals surface area contributed by atoms with Crippen molar-refractivity contribution in [2.24, 2.45) is 0 Å². The van der Waals surface area contributed by atoms with Crippen LogP contribution in [0.4, 0.5) is 0 Å². The third-order valence-electron chi connectivity index (χ3n) is 3.18. The van der Waals surface area contributed by atoms with Crippen LogP contribution in [-0.4, -0.2) is 5.78 Å². The zero-order chi connectivity index (χ0) is 17.8. The molecule has 0 saturated heterocycles. The van der Waals surface area contributed by atoms with Crippen molar-refractivity contribution >= 4 is 62.3 Å². The first-order valence-electron chi connectivity index (χ1n) is 7.15. The molecule has 3 aromatic rings. The lowest BCUT2D eigenvalue weighted by Gasteiger charge is -2.06. The number of hydrogen-bond donors (Lipinski definition) is 0. The van der Waals surface area contributed by atoms with E-state index in [2.05, 4.69) is 15.9 Å². The van der Waals surface area contributed by atoms with Gasteiger partial charge in [0, 0.05) is 9.85 Å². The van der Waals surface area contributed by atoms with E-state index < -0.39 is 0 Å². The Hall–Kier alpha value is -1.53. The number of carbonyl (C=O) groups excluding carboxylic acids is 1. The normalized spacial score (nSPS) is 11.2. The number of benzene rings is 1. The number of ketones is 1. The Morgan fingerprint density at radius 3 is 2.88 bits per heavy atom. The molecule has 0 radical (unpaired) electrons. The Labute approximate surface area is 166 Å². The first-order valence-corrected chi connectivity index (χ1v) is 9.58. The molecule has 0 aliphatic carbocycles. The van der Waals surface area contributed by atoms with Crippen molar-refractivity contribution in [2.45, 2.75) is 6.61 Å². The highest BCUT2D eigenvalue weighted by Gasteiger charge is 2.08. The number of thiophene rings is 1. The summed E-state index contributed by atoms with van der Waals surface area (Å²) >= 11 is 16.7. The Morgan fingerprint density at radius 1 is 1.28 bits per heavy atom. The second kappa shape index (κ2) is 8.23. The summed E-state index contributed by atoms with van der Waals surface area (Å²) in [6.45, 7) is 0.208.